The first kappa shape index (κ1) is 41.1. The van der Waals surface area contributed by atoms with Gasteiger partial charge in [0.25, 0.3) is 0 Å². The SMILES string of the molecule is N#Cc1cc(C#N)c(-n2c3cc(-c4ccccc4)ccc3c3c4oc5ccccc5c4ccc32)c(-n2c3ccccc3c3ccccc32)c1-n1c2cc(-c3ccccc3)ccc2c2c3oc4ccccc4c3ccc21. The van der Waals surface area contributed by atoms with E-state index in [2.05, 4.69) is 196 Å². The molecule has 0 spiro atoms. The van der Waals surface area contributed by atoms with Crippen LogP contribution in [0.1, 0.15) is 11.1 Å². The standard InChI is InChI=1S/C68H37N5O2/c69-38-44-35-45(39-70)65(73-57-34-32-51-49-22-10-14-26-61(49)75-68(51)63(57)53-30-28-43(37-59(53)73)41-17-5-2-6-18-41)66(71-54-23-11-7-19-46(54)47-20-8-12-24-55(47)71)64(44)72-56-33-31-50-48-21-9-13-25-60(48)74-67(50)62(56)52-29-27-42(36-58(52)72)40-15-3-1-4-16-40/h1-37H. The largest absolute Gasteiger partial charge is 0.455 e. The van der Waals surface area contributed by atoms with Crippen LogP contribution in [0, 0.1) is 22.7 Å². The fourth-order valence-corrected chi connectivity index (χ4v) is 12.3. The summed E-state index contributed by atoms with van der Waals surface area (Å²) in [5.74, 6) is 0. The summed E-state index contributed by atoms with van der Waals surface area (Å²) in [5, 5.41) is 33.6. The lowest BCUT2D eigenvalue weighted by Gasteiger charge is -2.24. The molecule has 7 nitrogen and oxygen atoms in total. The molecule has 0 saturated carbocycles. The van der Waals surface area contributed by atoms with Crippen molar-refractivity contribution in [2.75, 3.05) is 0 Å². The third-order valence-electron chi connectivity index (χ3n) is 15.5. The number of rotatable bonds is 5. The van der Waals surface area contributed by atoms with Crippen LogP contribution in [0.2, 0.25) is 0 Å². The second-order valence-electron chi connectivity index (χ2n) is 19.3. The number of hydrogen-bond acceptors (Lipinski definition) is 4. The number of aromatic nitrogens is 3. The zero-order chi connectivity index (χ0) is 49.5. The van der Waals surface area contributed by atoms with Crippen molar-refractivity contribution < 1.29 is 8.83 Å². The fourth-order valence-electron chi connectivity index (χ4n) is 12.3. The van der Waals surface area contributed by atoms with Crippen molar-refractivity contribution in [2.45, 2.75) is 0 Å². The average molecular weight is 956 g/mol. The van der Waals surface area contributed by atoms with Gasteiger partial charge in [-0.2, -0.15) is 10.5 Å². The second-order valence-corrected chi connectivity index (χ2v) is 19.3. The molecule has 0 unspecified atom stereocenters. The first-order valence-electron chi connectivity index (χ1n) is 25.0. The summed E-state index contributed by atoms with van der Waals surface area (Å²) >= 11 is 0. The molecule has 11 aromatic carbocycles. The maximum Gasteiger partial charge on any atom is 0.145 e. The van der Waals surface area contributed by atoms with Crippen molar-refractivity contribution in [3.63, 3.8) is 0 Å². The van der Waals surface area contributed by atoms with E-state index in [0.29, 0.717) is 28.2 Å². The molecule has 7 heteroatoms. The molecule has 0 aliphatic rings. The molecule has 0 saturated heterocycles. The van der Waals surface area contributed by atoms with Gasteiger partial charge in [0.1, 0.15) is 34.5 Å². The van der Waals surface area contributed by atoms with Crippen LogP contribution < -0.4 is 0 Å². The van der Waals surface area contributed by atoms with E-state index in [1.165, 1.54) is 0 Å². The van der Waals surface area contributed by atoms with Crippen LogP contribution >= 0.6 is 0 Å². The van der Waals surface area contributed by atoms with Crippen LogP contribution in [-0.2, 0) is 0 Å². The van der Waals surface area contributed by atoms with Crippen LogP contribution in [-0.4, -0.2) is 13.7 Å². The van der Waals surface area contributed by atoms with Crippen molar-refractivity contribution in [1.29, 1.82) is 10.5 Å². The molecule has 5 heterocycles. The van der Waals surface area contributed by atoms with Crippen molar-refractivity contribution in [3.05, 3.63) is 236 Å². The first-order chi connectivity index (χ1) is 37.1. The predicted octanol–water partition coefficient (Wildman–Crippen LogP) is 17.9. The lowest BCUT2D eigenvalue weighted by atomic mass is 10.0. The number of fused-ring (bicyclic) bond motifs is 17. The van der Waals surface area contributed by atoms with E-state index >= 15 is 0 Å². The van der Waals surface area contributed by atoms with E-state index in [0.717, 1.165) is 132 Å². The van der Waals surface area contributed by atoms with Crippen molar-refractivity contribution in [1.82, 2.24) is 13.7 Å². The summed E-state index contributed by atoms with van der Waals surface area (Å²) in [6.07, 6.45) is 0. The third-order valence-corrected chi connectivity index (χ3v) is 15.5. The van der Waals surface area contributed by atoms with Crippen LogP contribution in [0.15, 0.2) is 233 Å². The Morgan fingerprint density at radius 3 is 1.12 bits per heavy atom. The maximum absolute atomic E-state index is 11.8. The normalized spacial score (nSPS) is 12.0. The monoisotopic (exact) mass is 955 g/mol. The Balaban J connectivity index is 1.16. The van der Waals surface area contributed by atoms with Crippen molar-refractivity contribution in [3.8, 4) is 51.5 Å². The van der Waals surface area contributed by atoms with Crippen LogP contribution in [0.3, 0.4) is 0 Å². The zero-order valence-corrected chi connectivity index (χ0v) is 39.9. The Kier molecular flexibility index (Phi) is 8.46. The van der Waals surface area contributed by atoms with Gasteiger partial charge in [-0.25, -0.2) is 0 Å². The van der Waals surface area contributed by atoms with E-state index in [1.807, 2.05) is 48.5 Å². The van der Waals surface area contributed by atoms with Gasteiger partial charge in [-0.1, -0.05) is 158 Å². The van der Waals surface area contributed by atoms with Crippen molar-refractivity contribution >= 4 is 109 Å². The molecule has 0 atom stereocenters. The number of furan rings is 2. The Hall–Kier alpha value is -10.6. The molecule has 0 bridgehead atoms. The number of nitrogens with zero attached hydrogens (tertiary/aromatic N) is 5. The quantitative estimate of drug-likeness (QED) is 0.172. The summed E-state index contributed by atoms with van der Waals surface area (Å²) in [4.78, 5) is 0. The molecule has 0 N–H and O–H groups in total. The van der Waals surface area contributed by atoms with E-state index in [1.54, 1.807) is 6.07 Å². The minimum atomic E-state index is 0.339. The molecule has 75 heavy (non-hydrogen) atoms. The summed E-state index contributed by atoms with van der Waals surface area (Å²) in [6, 6.07) is 83.0. The highest BCUT2D eigenvalue weighted by molar-refractivity contribution is 6.26. The van der Waals surface area contributed by atoms with Crippen LogP contribution in [0.4, 0.5) is 0 Å². The smallest absolute Gasteiger partial charge is 0.145 e. The second kappa shape index (κ2) is 15.5. The van der Waals surface area contributed by atoms with E-state index < -0.39 is 0 Å². The van der Waals surface area contributed by atoms with Gasteiger partial charge in [-0.05, 0) is 89.0 Å². The highest BCUT2D eigenvalue weighted by Crippen LogP contribution is 2.49. The molecule has 0 aliphatic carbocycles. The molecule has 0 fully saturated rings. The fraction of sp³-hybridized carbons (Fsp3) is 0. The minimum absolute atomic E-state index is 0.339. The van der Waals surface area contributed by atoms with E-state index in [9.17, 15) is 10.5 Å². The van der Waals surface area contributed by atoms with Crippen LogP contribution in [0.5, 0.6) is 0 Å². The Morgan fingerprint density at radius 1 is 0.280 bits per heavy atom. The van der Waals surface area contributed by atoms with E-state index in [-0.39, 0.29) is 0 Å². The summed E-state index contributed by atoms with van der Waals surface area (Å²) in [7, 11) is 0. The average Bonchev–Trinajstić information content (AvgIpc) is 4.34. The van der Waals surface area contributed by atoms with E-state index in [4.69, 9.17) is 8.83 Å². The maximum atomic E-state index is 11.8. The molecule has 0 amide bonds. The van der Waals surface area contributed by atoms with Gasteiger partial charge in [-0.3, -0.25) is 0 Å². The molecule has 346 valence electrons. The first-order valence-corrected chi connectivity index (χ1v) is 25.0. The summed E-state index contributed by atoms with van der Waals surface area (Å²) < 4.78 is 20.6. The van der Waals surface area contributed by atoms with Gasteiger partial charge in [0, 0.05) is 43.1 Å². The number of hydrogen-bond donors (Lipinski definition) is 0. The van der Waals surface area contributed by atoms with Gasteiger partial charge in [-0.15, -0.1) is 0 Å². The predicted molar refractivity (Wildman–Crippen MR) is 304 cm³/mol. The minimum Gasteiger partial charge on any atom is -0.455 e. The molecular formula is C68H37N5O2. The van der Waals surface area contributed by atoms with Gasteiger partial charge >= 0.3 is 0 Å². The van der Waals surface area contributed by atoms with Crippen LogP contribution in [0.25, 0.3) is 149 Å². The highest BCUT2D eigenvalue weighted by Gasteiger charge is 2.31. The number of para-hydroxylation sites is 4. The lowest BCUT2D eigenvalue weighted by molar-refractivity contribution is 0.672. The molecular weight excluding hydrogens is 919 g/mol. The number of nitriles is 2. The van der Waals surface area contributed by atoms with Crippen molar-refractivity contribution in [2.24, 2.45) is 0 Å². The summed E-state index contributed by atoms with van der Waals surface area (Å²) in [6.45, 7) is 0. The number of benzene rings is 11. The van der Waals surface area contributed by atoms with Gasteiger partial charge in [0.05, 0.1) is 72.1 Å². The summed E-state index contributed by atoms with van der Waals surface area (Å²) in [5.41, 5.74) is 15.2. The zero-order valence-electron chi connectivity index (χ0n) is 39.9. The Bertz CT molecular complexity index is 4890. The lowest BCUT2D eigenvalue weighted by Crippen LogP contribution is -2.13. The van der Waals surface area contributed by atoms with Gasteiger partial charge in [0.2, 0.25) is 0 Å². The molecule has 5 aromatic heterocycles. The molecule has 16 aromatic rings. The highest BCUT2D eigenvalue weighted by atomic mass is 16.3. The molecule has 0 radical (unpaired) electrons. The Morgan fingerprint density at radius 2 is 0.667 bits per heavy atom. The molecule has 0 aliphatic heterocycles. The topological polar surface area (TPSA) is 88.7 Å². The Labute approximate surface area is 427 Å². The third kappa shape index (κ3) is 5.67. The molecule has 16 rings (SSSR count). The van der Waals surface area contributed by atoms with Gasteiger partial charge in [0.15, 0.2) is 0 Å². The van der Waals surface area contributed by atoms with Gasteiger partial charge < -0.3 is 22.5 Å².